The third-order valence-electron chi connectivity index (χ3n) is 3.40. The Morgan fingerprint density at radius 3 is 1.96 bits per heavy atom. The normalized spacial score (nSPS) is 10.8. The van der Waals surface area contributed by atoms with Crippen molar-refractivity contribution >= 4 is 34.6 Å². The van der Waals surface area contributed by atoms with Gasteiger partial charge in [-0.1, -0.05) is 23.8 Å². The van der Waals surface area contributed by atoms with E-state index in [1.807, 2.05) is 19.1 Å². The van der Waals surface area contributed by atoms with E-state index < -0.39 is 29.9 Å². The quantitative estimate of drug-likeness (QED) is 0.339. The van der Waals surface area contributed by atoms with Gasteiger partial charge < -0.3 is 0 Å². The second-order valence-corrected chi connectivity index (χ2v) is 19.7. The van der Waals surface area contributed by atoms with E-state index >= 15 is 0 Å². The van der Waals surface area contributed by atoms with Crippen LogP contribution in [0.15, 0.2) is 35.3 Å². The molecule has 1 heterocycles. The van der Waals surface area contributed by atoms with E-state index in [0.29, 0.717) is 5.69 Å². The van der Waals surface area contributed by atoms with Crippen molar-refractivity contribution in [3.8, 4) is 0 Å². The summed E-state index contributed by atoms with van der Waals surface area (Å²) in [6.07, 6.45) is 0. The first-order valence-electron chi connectivity index (χ1n) is 7.56. The molecule has 0 unspecified atom stereocenters. The van der Waals surface area contributed by atoms with Crippen LogP contribution in [0.3, 0.4) is 0 Å². The van der Waals surface area contributed by atoms with Crippen LogP contribution in [0.25, 0.3) is 0 Å². The van der Waals surface area contributed by atoms with Crippen LogP contribution in [-0.4, -0.2) is 16.5 Å². The molecule has 2 rings (SSSR count). The molecule has 0 saturated heterocycles. The summed E-state index contributed by atoms with van der Waals surface area (Å²) in [7, 11) is 0. The van der Waals surface area contributed by atoms with Gasteiger partial charge in [-0.25, -0.2) is 4.98 Å². The van der Waals surface area contributed by atoms with E-state index in [0.717, 1.165) is 28.2 Å². The third kappa shape index (κ3) is 8.00. The second-order valence-electron chi connectivity index (χ2n) is 5.62. The van der Waals surface area contributed by atoms with Crippen molar-refractivity contribution in [3.05, 3.63) is 58.4 Å². The number of nitrogens with zero attached hydrogens (tertiary/aromatic N) is 2. The zero-order chi connectivity index (χ0) is 19.1. The number of carbonyl (C=O) groups is 1. The third-order valence-corrected chi connectivity index (χ3v) is 3.40. The number of benzene rings is 1. The Labute approximate surface area is 170 Å². The molecule has 2 aromatic rings. The minimum absolute atomic E-state index is 0.0349. The second kappa shape index (κ2) is 10.9. The summed E-state index contributed by atoms with van der Waals surface area (Å²) in [5.41, 5.74) is 6.53. The molecule has 0 radical (unpaired) electrons. The fourth-order valence-corrected chi connectivity index (χ4v) is 2.41. The van der Waals surface area contributed by atoms with Gasteiger partial charge in [0.1, 0.15) is 5.69 Å². The summed E-state index contributed by atoms with van der Waals surface area (Å²) in [5.74, 6) is 15.0. The van der Waals surface area contributed by atoms with Crippen LogP contribution in [0.4, 0.5) is 5.69 Å². The summed E-state index contributed by atoms with van der Waals surface area (Å²) >= 11 is -2.24. The maximum absolute atomic E-state index is 11.4. The van der Waals surface area contributed by atoms with Crippen molar-refractivity contribution in [2.45, 2.75) is 34.6 Å². The van der Waals surface area contributed by atoms with Gasteiger partial charge in [0.15, 0.2) is 5.78 Å². The van der Waals surface area contributed by atoms with E-state index in [4.69, 9.17) is 22.4 Å². The maximum atomic E-state index is 11.4. The molecule has 25 heavy (non-hydrogen) atoms. The van der Waals surface area contributed by atoms with Crippen LogP contribution in [0.2, 0.25) is 0 Å². The predicted octanol–water partition coefficient (Wildman–Crippen LogP) is 6.42. The number of hydrogen-bond acceptors (Lipinski definition) is 3. The van der Waals surface area contributed by atoms with Crippen LogP contribution in [0.5, 0.6) is 0 Å². The number of aliphatic imine (C=N–C) groups is 1. The van der Waals surface area contributed by atoms with Gasteiger partial charge in [-0.2, -0.15) is 0 Å². The molecule has 133 valence electrons. The van der Waals surface area contributed by atoms with Gasteiger partial charge in [0.25, 0.3) is 0 Å². The summed E-state index contributed by atoms with van der Waals surface area (Å²) in [5, 5.41) is 0. The molecule has 0 saturated carbocycles. The van der Waals surface area contributed by atoms with Crippen molar-refractivity contribution in [2.24, 2.45) is 4.99 Å². The number of rotatable bonds is 3. The number of pyridine rings is 1. The summed E-state index contributed by atoms with van der Waals surface area (Å²) in [6.45, 7) is 9.65. The van der Waals surface area contributed by atoms with Crippen molar-refractivity contribution in [3.63, 3.8) is 0 Å². The molecule has 3 nitrogen and oxygen atoms in total. The standard InChI is InChI=1S/C18H20N2O.3ClH.Nd/c1-11-9-12(2)18(13(3)10-11)19-14(4)16-7-6-8-17(20-16)15(5)21;;;;/h6-10H,1-5H3;3*1H;/q;;;;+3/p-3. The molecule has 0 spiro atoms. The zero-order valence-electron chi connectivity index (χ0n) is 14.8. The Bertz CT molecular complexity index is 766. The van der Waals surface area contributed by atoms with Crippen LogP contribution >= 0.6 is 17.4 Å². The van der Waals surface area contributed by atoms with Gasteiger partial charge >= 0.3 is 47.3 Å². The van der Waals surface area contributed by atoms with E-state index in [2.05, 4.69) is 37.9 Å². The van der Waals surface area contributed by atoms with E-state index in [1.54, 1.807) is 6.07 Å². The van der Waals surface area contributed by atoms with Crippen LogP contribution in [0, 0.1) is 50.7 Å². The Morgan fingerprint density at radius 2 is 1.48 bits per heavy atom. The average molecular weight is 531 g/mol. The number of aryl methyl sites for hydroxylation is 3. The van der Waals surface area contributed by atoms with Gasteiger partial charge in [0, 0.05) is 6.92 Å². The molecule has 1 aromatic carbocycles. The fraction of sp³-hybridized carbons (Fsp3) is 0.278. The van der Waals surface area contributed by atoms with Crippen molar-refractivity contribution in [1.82, 2.24) is 4.98 Å². The number of carbonyl (C=O) groups excluding carboxylic acids is 1. The summed E-state index contributed by atoms with van der Waals surface area (Å²) in [6, 6.07) is 9.69. The predicted molar refractivity (Wildman–Crippen MR) is 104 cm³/mol. The van der Waals surface area contributed by atoms with Gasteiger partial charge in [0.2, 0.25) is 0 Å². The monoisotopic (exact) mass is 527 g/mol. The first-order valence-corrected chi connectivity index (χ1v) is 19.6. The van der Waals surface area contributed by atoms with Crippen LogP contribution in [0.1, 0.15) is 46.7 Å². The number of hydrogen-bond donors (Lipinski definition) is 0. The van der Waals surface area contributed by atoms with Gasteiger partial charge in [-0.3, -0.25) is 9.79 Å². The number of halogens is 3. The van der Waals surface area contributed by atoms with Crippen molar-refractivity contribution in [1.29, 1.82) is 0 Å². The molecule has 0 N–H and O–H groups in total. The summed E-state index contributed by atoms with van der Waals surface area (Å²) < 4.78 is 0. The molecule has 7 heteroatoms. The topological polar surface area (TPSA) is 42.3 Å². The Kier molecular flexibility index (Phi) is 10.0. The number of aromatic nitrogens is 1. The molecule has 0 amide bonds. The number of Topliss-reactive ketones (excluding diaryl/α,β-unsaturated/α-hetero) is 1. The molecular weight excluding hydrogens is 511 g/mol. The van der Waals surface area contributed by atoms with E-state index in [-0.39, 0.29) is 5.78 Å². The molecule has 0 aliphatic rings. The molecule has 0 fully saturated rings. The van der Waals surface area contributed by atoms with Crippen molar-refractivity contribution in [2.75, 3.05) is 0 Å². The fourth-order valence-electron chi connectivity index (χ4n) is 2.41. The first kappa shape index (κ1) is 23.0. The van der Waals surface area contributed by atoms with Crippen molar-refractivity contribution < 1.29 is 34.7 Å². The van der Waals surface area contributed by atoms with E-state index in [9.17, 15) is 4.79 Å². The Hall–Kier alpha value is -0.0694. The molecule has 1 aromatic heterocycles. The zero-order valence-corrected chi connectivity index (χ0v) is 20.3. The van der Waals surface area contributed by atoms with Crippen LogP contribution < -0.4 is 0 Å². The minimum atomic E-state index is -2.24. The Morgan fingerprint density at radius 1 is 1.00 bits per heavy atom. The van der Waals surface area contributed by atoms with Gasteiger partial charge in [-0.15, -0.1) is 0 Å². The average Bonchev–Trinajstić information content (AvgIpc) is 2.50. The molecular formula is C18H20Cl3N2NdO. The van der Waals surface area contributed by atoms with Gasteiger partial charge in [0.05, 0.1) is 17.1 Å². The Balaban J connectivity index is 0.000000705. The van der Waals surface area contributed by atoms with Gasteiger partial charge in [-0.05, 0) is 51.0 Å². The molecule has 0 atom stereocenters. The molecule has 0 aliphatic carbocycles. The van der Waals surface area contributed by atoms with E-state index in [1.165, 1.54) is 12.5 Å². The first-order chi connectivity index (χ1) is 11.6. The number of ketones is 1. The summed E-state index contributed by atoms with van der Waals surface area (Å²) in [4.78, 5) is 20.5. The molecule has 0 aliphatic heterocycles. The molecule has 0 bridgehead atoms. The SMILES string of the molecule is CC(=O)c1cccc(C(C)=Nc2c(C)cc(C)cc2C)n1.[Cl][Nd]([Cl])[Cl]. The van der Waals surface area contributed by atoms with Crippen LogP contribution in [-0.2, 0) is 0 Å².